The number of amides is 1. The number of hydrogen-bond acceptors (Lipinski definition) is 4. The van der Waals surface area contributed by atoms with Gasteiger partial charge in [-0.15, -0.1) is 0 Å². The van der Waals surface area contributed by atoms with Crippen LogP contribution in [0, 0.1) is 12.8 Å². The van der Waals surface area contributed by atoms with Gasteiger partial charge in [0.15, 0.2) is 5.69 Å². The Morgan fingerprint density at radius 1 is 1.57 bits per heavy atom. The third-order valence-electron chi connectivity index (χ3n) is 4.76. The summed E-state index contributed by atoms with van der Waals surface area (Å²) in [5.41, 5.74) is 3.54. The predicted molar refractivity (Wildman–Crippen MR) is 86.2 cm³/mol. The van der Waals surface area contributed by atoms with Crippen molar-refractivity contribution in [3.8, 4) is 0 Å². The lowest BCUT2D eigenvalue weighted by atomic mass is 9.88. The number of nitrogens with zero attached hydrogens (tertiary/aromatic N) is 3. The Morgan fingerprint density at radius 3 is 3.04 bits per heavy atom. The zero-order valence-electron chi connectivity index (χ0n) is 14.2. The Morgan fingerprint density at radius 2 is 2.35 bits per heavy atom. The molecule has 3 rings (SSSR count). The SMILES string of the molecule is CCn1ncc(C(C)NC(=O)c2noc3c2CC(C)CC3)c1C. The fraction of sp³-hybridized carbons (Fsp3) is 0.588. The maximum absolute atomic E-state index is 12.6. The summed E-state index contributed by atoms with van der Waals surface area (Å²) in [5.74, 6) is 1.27. The molecule has 0 saturated heterocycles. The minimum absolute atomic E-state index is 0.115. The molecule has 0 saturated carbocycles. The van der Waals surface area contributed by atoms with Crippen molar-refractivity contribution in [2.75, 3.05) is 0 Å². The van der Waals surface area contributed by atoms with Gasteiger partial charge in [-0.05, 0) is 39.5 Å². The molecule has 2 aromatic rings. The third kappa shape index (κ3) is 2.90. The summed E-state index contributed by atoms with van der Waals surface area (Å²) >= 11 is 0. The molecular weight excluding hydrogens is 292 g/mol. The monoisotopic (exact) mass is 316 g/mol. The molecule has 0 aliphatic heterocycles. The van der Waals surface area contributed by atoms with Crippen LogP contribution >= 0.6 is 0 Å². The van der Waals surface area contributed by atoms with Crippen LogP contribution in [0.3, 0.4) is 0 Å². The summed E-state index contributed by atoms with van der Waals surface area (Å²) < 4.78 is 7.29. The predicted octanol–water partition coefficient (Wildman–Crippen LogP) is 2.82. The van der Waals surface area contributed by atoms with E-state index in [-0.39, 0.29) is 11.9 Å². The standard InChI is InChI=1S/C17H24N4O2/c1-5-21-12(4)14(9-18-21)11(3)19-17(22)16-13-8-10(2)6-7-15(13)23-20-16/h9-11H,5-8H2,1-4H3,(H,19,22). The minimum atomic E-state index is -0.166. The highest BCUT2D eigenvalue weighted by Gasteiger charge is 2.28. The van der Waals surface area contributed by atoms with Crippen LogP contribution in [0.4, 0.5) is 0 Å². The average Bonchev–Trinajstić information content (AvgIpc) is 3.09. The van der Waals surface area contributed by atoms with Gasteiger partial charge in [0.2, 0.25) is 0 Å². The Bertz CT molecular complexity index is 716. The van der Waals surface area contributed by atoms with Gasteiger partial charge in [0.1, 0.15) is 5.76 Å². The van der Waals surface area contributed by atoms with E-state index in [0.717, 1.165) is 48.4 Å². The first-order valence-corrected chi connectivity index (χ1v) is 8.31. The first kappa shape index (κ1) is 15.8. The van der Waals surface area contributed by atoms with Crippen LogP contribution in [0.2, 0.25) is 0 Å². The molecule has 0 radical (unpaired) electrons. The summed E-state index contributed by atoms with van der Waals surface area (Å²) in [5, 5.41) is 11.4. The molecule has 124 valence electrons. The fourth-order valence-corrected chi connectivity index (χ4v) is 3.30. The molecule has 6 nitrogen and oxygen atoms in total. The van der Waals surface area contributed by atoms with Gasteiger partial charge in [-0.2, -0.15) is 5.10 Å². The molecule has 0 spiro atoms. The molecular formula is C17H24N4O2. The Balaban J connectivity index is 1.77. The maximum Gasteiger partial charge on any atom is 0.274 e. The van der Waals surface area contributed by atoms with Crippen LogP contribution in [0.1, 0.15) is 66.3 Å². The summed E-state index contributed by atoms with van der Waals surface area (Å²) in [7, 11) is 0. The molecule has 1 aliphatic rings. The van der Waals surface area contributed by atoms with Gasteiger partial charge in [0, 0.05) is 29.8 Å². The van der Waals surface area contributed by atoms with Gasteiger partial charge in [-0.3, -0.25) is 9.48 Å². The normalized spacial score (nSPS) is 18.5. The van der Waals surface area contributed by atoms with E-state index in [1.165, 1.54) is 0 Å². The largest absolute Gasteiger partial charge is 0.360 e. The number of aryl methyl sites for hydroxylation is 2. The fourth-order valence-electron chi connectivity index (χ4n) is 3.30. The highest BCUT2D eigenvalue weighted by atomic mass is 16.5. The highest BCUT2D eigenvalue weighted by Crippen LogP contribution is 2.28. The lowest BCUT2D eigenvalue weighted by Crippen LogP contribution is -2.28. The van der Waals surface area contributed by atoms with Crippen molar-refractivity contribution in [3.63, 3.8) is 0 Å². The Labute approximate surface area is 136 Å². The van der Waals surface area contributed by atoms with Crippen LogP contribution in [-0.4, -0.2) is 20.8 Å². The molecule has 2 atom stereocenters. The smallest absolute Gasteiger partial charge is 0.274 e. The van der Waals surface area contributed by atoms with Crippen molar-refractivity contribution >= 4 is 5.91 Å². The van der Waals surface area contributed by atoms with Crippen molar-refractivity contribution in [2.24, 2.45) is 5.92 Å². The molecule has 1 N–H and O–H groups in total. The van der Waals surface area contributed by atoms with E-state index in [9.17, 15) is 4.79 Å². The molecule has 2 heterocycles. The number of rotatable bonds is 4. The van der Waals surface area contributed by atoms with Gasteiger partial charge in [-0.1, -0.05) is 12.1 Å². The van der Waals surface area contributed by atoms with Gasteiger partial charge >= 0.3 is 0 Å². The lowest BCUT2D eigenvalue weighted by Gasteiger charge is -2.17. The van der Waals surface area contributed by atoms with E-state index in [1.807, 2.05) is 24.7 Å². The molecule has 0 aromatic carbocycles. The van der Waals surface area contributed by atoms with Gasteiger partial charge in [0.25, 0.3) is 5.91 Å². The van der Waals surface area contributed by atoms with E-state index in [4.69, 9.17) is 4.52 Å². The van der Waals surface area contributed by atoms with Crippen LogP contribution in [0.25, 0.3) is 0 Å². The molecule has 2 aromatic heterocycles. The van der Waals surface area contributed by atoms with E-state index >= 15 is 0 Å². The molecule has 23 heavy (non-hydrogen) atoms. The van der Waals surface area contributed by atoms with E-state index in [2.05, 4.69) is 29.4 Å². The average molecular weight is 316 g/mol. The van der Waals surface area contributed by atoms with Crippen LogP contribution in [0.15, 0.2) is 10.7 Å². The van der Waals surface area contributed by atoms with Crippen molar-refractivity contribution in [1.29, 1.82) is 0 Å². The van der Waals surface area contributed by atoms with Crippen molar-refractivity contribution < 1.29 is 9.32 Å². The number of carbonyl (C=O) groups is 1. The second-order valence-electron chi connectivity index (χ2n) is 6.48. The van der Waals surface area contributed by atoms with E-state index in [0.29, 0.717) is 11.6 Å². The maximum atomic E-state index is 12.6. The molecule has 1 amide bonds. The van der Waals surface area contributed by atoms with Crippen molar-refractivity contribution in [3.05, 3.63) is 34.5 Å². The summed E-state index contributed by atoms with van der Waals surface area (Å²) in [4.78, 5) is 12.6. The first-order chi connectivity index (χ1) is 11.0. The van der Waals surface area contributed by atoms with Crippen LogP contribution < -0.4 is 5.32 Å². The highest BCUT2D eigenvalue weighted by molar-refractivity contribution is 5.94. The topological polar surface area (TPSA) is 73.0 Å². The Kier molecular flexibility index (Phi) is 4.24. The van der Waals surface area contributed by atoms with Crippen LogP contribution in [-0.2, 0) is 19.4 Å². The summed E-state index contributed by atoms with van der Waals surface area (Å²) in [6.07, 6.45) is 4.65. The number of nitrogens with one attached hydrogen (secondary N) is 1. The molecule has 2 unspecified atom stereocenters. The second kappa shape index (κ2) is 6.18. The number of carbonyl (C=O) groups excluding carboxylic acids is 1. The minimum Gasteiger partial charge on any atom is -0.360 e. The van der Waals surface area contributed by atoms with Crippen molar-refractivity contribution in [1.82, 2.24) is 20.3 Å². The lowest BCUT2D eigenvalue weighted by molar-refractivity contribution is 0.0929. The zero-order valence-corrected chi connectivity index (χ0v) is 14.2. The van der Waals surface area contributed by atoms with Gasteiger partial charge < -0.3 is 9.84 Å². The molecule has 1 aliphatic carbocycles. The van der Waals surface area contributed by atoms with Crippen LogP contribution in [0.5, 0.6) is 0 Å². The molecule has 6 heteroatoms. The number of aromatic nitrogens is 3. The van der Waals surface area contributed by atoms with Gasteiger partial charge in [-0.25, -0.2) is 0 Å². The van der Waals surface area contributed by atoms with E-state index in [1.54, 1.807) is 0 Å². The third-order valence-corrected chi connectivity index (χ3v) is 4.76. The molecule has 0 bridgehead atoms. The number of fused-ring (bicyclic) bond motifs is 1. The summed E-state index contributed by atoms with van der Waals surface area (Å²) in [6, 6.07) is -0.115. The molecule has 0 fully saturated rings. The quantitative estimate of drug-likeness (QED) is 0.941. The number of hydrogen-bond donors (Lipinski definition) is 1. The second-order valence-corrected chi connectivity index (χ2v) is 6.48. The van der Waals surface area contributed by atoms with E-state index < -0.39 is 0 Å². The first-order valence-electron chi connectivity index (χ1n) is 8.31. The van der Waals surface area contributed by atoms with Gasteiger partial charge in [0.05, 0.1) is 12.2 Å². The zero-order chi connectivity index (χ0) is 16.6. The summed E-state index contributed by atoms with van der Waals surface area (Å²) in [6.45, 7) is 9.06. The Hall–Kier alpha value is -2.11. The van der Waals surface area contributed by atoms with Crippen molar-refractivity contribution in [2.45, 2.75) is 59.5 Å².